The number of rotatable bonds is 4. The first-order valence-corrected chi connectivity index (χ1v) is 9.89. The summed E-state index contributed by atoms with van der Waals surface area (Å²) in [6, 6.07) is 8.26. The number of imidazole rings is 1. The molecule has 0 bridgehead atoms. The van der Waals surface area contributed by atoms with Crippen LogP contribution >= 0.6 is 0 Å². The second-order valence-electron chi connectivity index (χ2n) is 7.45. The molecule has 0 saturated carbocycles. The van der Waals surface area contributed by atoms with Crippen LogP contribution in [0.2, 0.25) is 0 Å². The molecule has 4 aromatic rings. The zero-order chi connectivity index (χ0) is 19.8. The Hall–Kier alpha value is -3.26. The molecule has 0 amide bonds. The maximum atomic E-state index is 5.50. The Bertz CT molecular complexity index is 1140. The Morgan fingerprint density at radius 2 is 1.86 bits per heavy atom. The van der Waals surface area contributed by atoms with Crippen LogP contribution in [0.1, 0.15) is 25.6 Å². The first-order chi connectivity index (χ1) is 14.2. The molecule has 1 fully saturated rings. The van der Waals surface area contributed by atoms with E-state index in [-0.39, 0.29) is 5.92 Å². The Kier molecular flexibility index (Phi) is 4.48. The highest BCUT2D eigenvalue weighted by Gasteiger charge is 2.20. The molecule has 8 nitrogen and oxygen atoms in total. The molecule has 0 aliphatic carbocycles. The zero-order valence-electron chi connectivity index (χ0n) is 16.5. The maximum Gasteiger partial charge on any atom is 0.240 e. The molecule has 5 rings (SSSR count). The Morgan fingerprint density at radius 1 is 1.03 bits per heavy atom. The van der Waals surface area contributed by atoms with E-state index in [9.17, 15) is 0 Å². The third-order valence-corrected chi connectivity index (χ3v) is 5.12. The van der Waals surface area contributed by atoms with Gasteiger partial charge in [-0.25, -0.2) is 4.98 Å². The molecule has 0 radical (unpaired) electrons. The van der Waals surface area contributed by atoms with E-state index in [1.807, 2.05) is 17.0 Å². The number of morpholine rings is 1. The van der Waals surface area contributed by atoms with Gasteiger partial charge in [0.05, 0.1) is 13.2 Å². The molecule has 3 aromatic heterocycles. The molecule has 1 aromatic carbocycles. The molecule has 1 saturated heterocycles. The van der Waals surface area contributed by atoms with Crippen molar-refractivity contribution in [1.82, 2.24) is 29.5 Å². The Morgan fingerprint density at radius 3 is 2.69 bits per heavy atom. The van der Waals surface area contributed by atoms with Crippen LogP contribution < -0.4 is 4.90 Å². The second kappa shape index (κ2) is 7.29. The van der Waals surface area contributed by atoms with Crippen molar-refractivity contribution in [3.8, 4) is 17.3 Å². The lowest BCUT2D eigenvalue weighted by Gasteiger charge is -2.27. The largest absolute Gasteiger partial charge is 0.378 e. The fourth-order valence-corrected chi connectivity index (χ4v) is 3.59. The van der Waals surface area contributed by atoms with Gasteiger partial charge in [-0.3, -0.25) is 4.57 Å². The SMILES string of the molecule is CC(C)c1nccn1-c1nc(-c2ccc3cc[nH]c3c2)nc(N2CCOCC2)n1. The minimum atomic E-state index is 0.257. The van der Waals surface area contributed by atoms with E-state index in [0.717, 1.165) is 35.4 Å². The zero-order valence-corrected chi connectivity index (χ0v) is 16.5. The van der Waals surface area contributed by atoms with Gasteiger partial charge in [0.2, 0.25) is 11.9 Å². The number of anilines is 1. The van der Waals surface area contributed by atoms with E-state index in [0.29, 0.717) is 30.9 Å². The van der Waals surface area contributed by atoms with Gasteiger partial charge in [-0.2, -0.15) is 15.0 Å². The molecular weight excluding hydrogens is 366 g/mol. The molecule has 0 spiro atoms. The van der Waals surface area contributed by atoms with Gasteiger partial charge in [0, 0.05) is 48.7 Å². The van der Waals surface area contributed by atoms with Crippen molar-refractivity contribution in [2.45, 2.75) is 19.8 Å². The number of aromatic nitrogens is 6. The maximum absolute atomic E-state index is 5.50. The van der Waals surface area contributed by atoms with Gasteiger partial charge in [0.25, 0.3) is 0 Å². The van der Waals surface area contributed by atoms with E-state index in [1.165, 1.54) is 0 Å². The fraction of sp³-hybridized carbons (Fsp3) is 0.333. The summed E-state index contributed by atoms with van der Waals surface area (Å²) < 4.78 is 7.45. The lowest BCUT2D eigenvalue weighted by Crippen LogP contribution is -2.37. The van der Waals surface area contributed by atoms with Gasteiger partial charge in [-0.15, -0.1) is 0 Å². The molecule has 1 aliphatic rings. The normalized spacial score (nSPS) is 14.8. The molecule has 148 valence electrons. The van der Waals surface area contributed by atoms with Gasteiger partial charge >= 0.3 is 0 Å². The predicted octanol–water partition coefficient (Wildman–Crippen LogP) is 3.17. The molecule has 4 heterocycles. The summed E-state index contributed by atoms with van der Waals surface area (Å²) in [5.41, 5.74) is 2.01. The summed E-state index contributed by atoms with van der Waals surface area (Å²) in [5.74, 6) is 3.09. The van der Waals surface area contributed by atoms with Gasteiger partial charge in [0.15, 0.2) is 5.82 Å². The number of benzene rings is 1. The number of hydrogen-bond acceptors (Lipinski definition) is 6. The molecule has 29 heavy (non-hydrogen) atoms. The van der Waals surface area contributed by atoms with E-state index in [2.05, 4.69) is 53.0 Å². The van der Waals surface area contributed by atoms with Crippen LogP contribution in [0.5, 0.6) is 0 Å². The third kappa shape index (κ3) is 3.36. The molecule has 0 atom stereocenters. The van der Waals surface area contributed by atoms with Crippen LogP contribution in [-0.2, 0) is 4.74 Å². The summed E-state index contributed by atoms with van der Waals surface area (Å²) in [4.78, 5) is 24.3. The Labute approximate surface area is 168 Å². The van der Waals surface area contributed by atoms with Crippen LogP contribution in [0.3, 0.4) is 0 Å². The van der Waals surface area contributed by atoms with E-state index >= 15 is 0 Å². The first-order valence-electron chi connectivity index (χ1n) is 9.89. The summed E-state index contributed by atoms with van der Waals surface area (Å²) in [7, 11) is 0. The van der Waals surface area contributed by atoms with Crippen molar-refractivity contribution in [3.63, 3.8) is 0 Å². The molecule has 8 heteroatoms. The molecule has 1 N–H and O–H groups in total. The van der Waals surface area contributed by atoms with Crippen LogP contribution in [-0.4, -0.2) is 55.8 Å². The minimum absolute atomic E-state index is 0.257. The fourth-order valence-electron chi connectivity index (χ4n) is 3.59. The third-order valence-electron chi connectivity index (χ3n) is 5.12. The van der Waals surface area contributed by atoms with E-state index in [4.69, 9.17) is 19.7 Å². The summed E-state index contributed by atoms with van der Waals surface area (Å²) >= 11 is 0. The number of ether oxygens (including phenoxy) is 1. The highest BCUT2D eigenvalue weighted by Crippen LogP contribution is 2.25. The van der Waals surface area contributed by atoms with Crippen LogP contribution in [0.4, 0.5) is 5.95 Å². The standard InChI is InChI=1S/C21H23N7O/c1-14(2)19-23-7-8-28(19)21-25-18(16-4-3-15-5-6-22-17(15)13-16)24-20(26-21)27-9-11-29-12-10-27/h3-8,13-14,22H,9-12H2,1-2H3. The summed E-state index contributed by atoms with van der Waals surface area (Å²) in [6.45, 7) is 7.10. The quantitative estimate of drug-likeness (QED) is 0.577. The average molecular weight is 389 g/mol. The number of fused-ring (bicyclic) bond motifs is 1. The van der Waals surface area contributed by atoms with Crippen molar-refractivity contribution in [2.24, 2.45) is 0 Å². The second-order valence-corrected chi connectivity index (χ2v) is 7.45. The highest BCUT2D eigenvalue weighted by atomic mass is 16.5. The van der Waals surface area contributed by atoms with Gasteiger partial charge < -0.3 is 14.6 Å². The van der Waals surface area contributed by atoms with Crippen LogP contribution in [0, 0.1) is 0 Å². The number of nitrogens with one attached hydrogen (secondary N) is 1. The number of nitrogens with zero attached hydrogens (tertiary/aromatic N) is 6. The monoisotopic (exact) mass is 389 g/mol. The molecule has 1 aliphatic heterocycles. The first kappa shape index (κ1) is 17.8. The van der Waals surface area contributed by atoms with Crippen molar-refractivity contribution in [1.29, 1.82) is 0 Å². The van der Waals surface area contributed by atoms with Crippen molar-refractivity contribution < 1.29 is 4.74 Å². The van der Waals surface area contributed by atoms with Crippen LogP contribution in [0.25, 0.3) is 28.2 Å². The molecule has 0 unspecified atom stereocenters. The topological polar surface area (TPSA) is 84.8 Å². The summed E-state index contributed by atoms with van der Waals surface area (Å²) in [6.07, 6.45) is 5.64. The van der Waals surface area contributed by atoms with Crippen molar-refractivity contribution >= 4 is 16.9 Å². The highest BCUT2D eigenvalue weighted by molar-refractivity contribution is 5.83. The Balaban J connectivity index is 1.66. The van der Waals surface area contributed by atoms with E-state index < -0.39 is 0 Å². The number of aromatic amines is 1. The van der Waals surface area contributed by atoms with Gasteiger partial charge in [0.1, 0.15) is 5.82 Å². The smallest absolute Gasteiger partial charge is 0.240 e. The van der Waals surface area contributed by atoms with Crippen molar-refractivity contribution in [2.75, 3.05) is 31.2 Å². The lowest BCUT2D eigenvalue weighted by molar-refractivity contribution is 0.122. The molecular formula is C21H23N7O. The minimum Gasteiger partial charge on any atom is -0.378 e. The van der Waals surface area contributed by atoms with E-state index in [1.54, 1.807) is 6.20 Å². The van der Waals surface area contributed by atoms with Gasteiger partial charge in [-0.1, -0.05) is 26.0 Å². The number of H-pyrrole nitrogens is 1. The lowest BCUT2D eigenvalue weighted by atomic mass is 10.1. The predicted molar refractivity (Wildman–Crippen MR) is 111 cm³/mol. The average Bonchev–Trinajstić information content (AvgIpc) is 3.43. The van der Waals surface area contributed by atoms with Crippen LogP contribution in [0.15, 0.2) is 42.9 Å². The van der Waals surface area contributed by atoms with Gasteiger partial charge in [-0.05, 0) is 17.5 Å². The van der Waals surface area contributed by atoms with Crippen molar-refractivity contribution in [3.05, 3.63) is 48.7 Å². The summed E-state index contributed by atoms with van der Waals surface area (Å²) in [5, 5.41) is 1.16. The number of hydrogen-bond donors (Lipinski definition) is 1.